The highest BCUT2D eigenvalue weighted by atomic mass is 35.5. The molecule has 0 aromatic heterocycles. The molecular weight excluding hydrogens is 262 g/mol. The molecule has 0 aliphatic heterocycles. The first-order valence-corrected chi connectivity index (χ1v) is 5.02. The Bertz CT molecular complexity index is 486. The van der Waals surface area contributed by atoms with E-state index in [0.29, 0.717) is 5.02 Å². The van der Waals surface area contributed by atoms with Gasteiger partial charge in [0, 0.05) is 5.02 Å². The number of urea groups is 1. The molecular formula is C10H9ClN3O4-. The van der Waals surface area contributed by atoms with Crippen molar-refractivity contribution in [2.45, 2.75) is 0 Å². The molecule has 0 aliphatic carbocycles. The molecule has 0 spiro atoms. The summed E-state index contributed by atoms with van der Waals surface area (Å²) in [7, 11) is 1.01. The van der Waals surface area contributed by atoms with Crippen LogP contribution in [0.3, 0.4) is 0 Å². The summed E-state index contributed by atoms with van der Waals surface area (Å²) in [4.78, 5) is 25.7. The SMILES string of the molecule is COC(=O)N(C(N)=O)C([O-])=Nc1ccc(Cl)cc1. The smallest absolute Gasteiger partial charge is 0.422 e. The number of hydrogen-bond donors (Lipinski definition) is 1. The van der Waals surface area contributed by atoms with Gasteiger partial charge in [-0.2, -0.15) is 4.90 Å². The Morgan fingerprint density at radius 3 is 2.39 bits per heavy atom. The molecule has 1 aromatic carbocycles. The van der Waals surface area contributed by atoms with E-state index in [1.165, 1.54) is 24.3 Å². The van der Waals surface area contributed by atoms with Gasteiger partial charge in [-0.1, -0.05) is 11.6 Å². The van der Waals surface area contributed by atoms with Crippen LogP contribution in [0, 0.1) is 0 Å². The van der Waals surface area contributed by atoms with Crippen LogP contribution in [-0.2, 0) is 4.74 Å². The number of methoxy groups -OCH3 is 1. The number of ether oxygens (including phenoxy) is 1. The zero-order valence-electron chi connectivity index (χ0n) is 9.29. The third-order valence-corrected chi connectivity index (χ3v) is 2.07. The molecule has 0 saturated carbocycles. The summed E-state index contributed by atoms with van der Waals surface area (Å²) in [6.07, 6.45) is -1.20. The monoisotopic (exact) mass is 270 g/mol. The number of primary amides is 1. The second-order valence-corrected chi connectivity index (χ2v) is 3.45. The van der Waals surface area contributed by atoms with Gasteiger partial charge in [0.25, 0.3) is 0 Å². The van der Waals surface area contributed by atoms with Crippen molar-refractivity contribution < 1.29 is 19.4 Å². The number of nitrogens with two attached hydrogens (primary N) is 1. The summed E-state index contributed by atoms with van der Waals surface area (Å²) in [6, 6.07) is 3.47. The van der Waals surface area contributed by atoms with Gasteiger partial charge in [-0.25, -0.2) is 14.6 Å². The molecule has 2 N–H and O–H groups in total. The van der Waals surface area contributed by atoms with Crippen LogP contribution in [0.5, 0.6) is 0 Å². The van der Waals surface area contributed by atoms with Gasteiger partial charge in [0.2, 0.25) is 0 Å². The van der Waals surface area contributed by atoms with Gasteiger partial charge >= 0.3 is 12.1 Å². The number of aliphatic imine (C=N–C) groups is 1. The fourth-order valence-electron chi connectivity index (χ4n) is 1.03. The number of hydrogen-bond acceptors (Lipinski definition) is 5. The van der Waals surface area contributed by atoms with Gasteiger partial charge < -0.3 is 15.6 Å². The lowest BCUT2D eigenvalue weighted by atomic mass is 10.3. The standard InChI is InChI=1S/C10H10ClN3O4/c1-18-10(17)14(8(12)15)9(16)13-7-4-2-6(11)3-5-7/h2-5H,1H3,(H2,12,15)(H,13,16)/p-1. The molecule has 96 valence electrons. The van der Waals surface area contributed by atoms with E-state index in [9.17, 15) is 14.7 Å². The number of carbonyl (C=O) groups excluding carboxylic acids is 2. The van der Waals surface area contributed by atoms with E-state index in [2.05, 4.69) is 9.73 Å². The van der Waals surface area contributed by atoms with Gasteiger partial charge in [-0.15, -0.1) is 0 Å². The Balaban J connectivity index is 3.02. The average molecular weight is 271 g/mol. The fourth-order valence-corrected chi connectivity index (χ4v) is 1.16. The summed E-state index contributed by atoms with van der Waals surface area (Å²) in [5.41, 5.74) is 5.10. The van der Waals surface area contributed by atoms with Crippen LogP contribution >= 0.6 is 11.6 Å². The third kappa shape index (κ3) is 3.36. The van der Waals surface area contributed by atoms with Crippen LogP contribution in [0.4, 0.5) is 15.3 Å². The predicted octanol–water partition coefficient (Wildman–Crippen LogP) is 0.835. The summed E-state index contributed by atoms with van der Waals surface area (Å²) in [6.45, 7) is 0. The van der Waals surface area contributed by atoms with Crippen LogP contribution < -0.4 is 10.8 Å². The third-order valence-electron chi connectivity index (χ3n) is 1.82. The lowest BCUT2D eigenvalue weighted by Gasteiger charge is -2.22. The molecule has 8 heteroatoms. The van der Waals surface area contributed by atoms with Crippen molar-refractivity contribution in [3.63, 3.8) is 0 Å². The van der Waals surface area contributed by atoms with Gasteiger partial charge in [-0.3, -0.25) is 0 Å². The number of amidine groups is 1. The van der Waals surface area contributed by atoms with E-state index in [1.54, 1.807) is 0 Å². The molecule has 0 aliphatic rings. The summed E-state index contributed by atoms with van der Waals surface area (Å²) < 4.78 is 4.24. The number of nitrogens with zero attached hydrogens (tertiary/aromatic N) is 2. The van der Waals surface area contributed by atoms with Crippen molar-refractivity contribution in [1.29, 1.82) is 0 Å². The number of rotatable bonds is 1. The maximum Gasteiger partial charge on any atom is 0.422 e. The van der Waals surface area contributed by atoms with Crippen molar-refractivity contribution in [2.24, 2.45) is 10.7 Å². The first kappa shape index (κ1) is 13.8. The minimum atomic E-state index is -1.27. The molecule has 0 heterocycles. The average Bonchev–Trinajstić information content (AvgIpc) is 2.31. The van der Waals surface area contributed by atoms with Gasteiger partial charge in [0.15, 0.2) is 0 Å². The van der Waals surface area contributed by atoms with E-state index in [4.69, 9.17) is 17.3 Å². The van der Waals surface area contributed by atoms with Crippen LogP contribution in [0.1, 0.15) is 0 Å². The molecule has 18 heavy (non-hydrogen) atoms. The highest BCUT2D eigenvalue weighted by molar-refractivity contribution is 6.30. The van der Waals surface area contributed by atoms with Crippen LogP contribution in [0.15, 0.2) is 29.3 Å². The lowest BCUT2D eigenvalue weighted by Crippen LogP contribution is -2.50. The molecule has 0 radical (unpaired) electrons. The van der Waals surface area contributed by atoms with Crippen LogP contribution in [0.25, 0.3) is 0 Å². The van der Waals surface area contributed by atoms with Crippen molar-refractivity contribution in [3.05, 3.63) is 29.3 Å². The van der Waals surface area contributed by atoms with Gasteiger partial charge in [0.05, 0.1) is 18.8 Å². The van der Waals surface area contributed by atoms with Gasteiger partial charge in [0.1, 0.15) is 0 Å². The largest absolute Gasteiger partial charge is 0.845 e. The summed E-state index contributed by atoms with van der Waals surface area (Å²) in [5.74, 6) is 0. The Morgan fingerprint density at radius 1 is 1.39 bits per heavy atom. The first-order valence-electron chi connectivity index (χ1n) is 4.64. The van der Waals surface area contributed by atoms with E-state index >= 15 is 0 Å². The Kier molecular flexibility index (Phi) is 4.50. The second kappa shape index (κ2) is 5.87. The molecule has 1 aromatic rings. The summed E-state index contributed by atoms with van der Waals surface area (Å²) >= 11 is 5.65. The first-order chi connectivity index (χ1) is 8.45. The number of amides is 3. The molecule has 3 amide bonds. The number of carbonyl (C=O) groups is 2. The highest BCUT2D eigenvalue weighted by Crippen LogP contribution is 2.16. The maximum atomic E-state index is 11.6. The van der Waals surface area contributed by atoms with Gasteiger partial charge in [-0.05, 0) is 24.3 Å². The van der Waals surface area contributed by atoms with Crippen molar-refractivity contribution in [2.75, 3.05) is 7.11 Å². The van der Waals surface area contributed by atoms with Crippen molar-refractivity contribution in [1.82, 2.24) is 4.90 Å². The number of imide groups is 1. The lowest BCUT2D eigenvalue weighted by molar-refractivity contribution is -0.228. The van der Waals surface area contributed by atoms with Crippen molar-refractivity contribution in [3.8, 4) is 0 Å². The molecule has 0 unspecified atom stereocenters. The normalized spacial score (nSPS) is 10.9. The second-order valence-electron chi connectivity index (χ2n) is 3.01. The van der Waals surface area contributed by atoms with E-state index in [0.717, 1.165) is 7.11 Å². The zero-order valence-corrected chi connectivity index (χ0v) is 10.0. The number of halogens is 1. The zero-order chi connectivity index (χ0) is 13.7. The minimum Gasteiger partial charge on any atom is -0.845 e. The number of benzene rings is 1. The molecule has 0 atom stereocenters. The van der Waals surface area contributed by atoms with Crippen LogP contribution in [-0.4, -0.2) is 30.2 Å². The quantitative estimate of drug-likeness (QED) is 0.602. The molecule has 0 fully saturated rings. The fraction of sp³-hybridized carbons (Fsp3) is 0.100. The van der Waals surface area contributed by atoms with Crippen molar-refractivity contribution >= 4 is 35.4 Å². The molecule has 0 saturated heterocycles. The van der Waals surface area contributed by atoms with E-state index in [1.807, 2.05) is 0 Å². The van der Waals surface area contributed by atoms with Crippen LogP contribution in [0.2, 0.25) is 5.02 Å². The highest BCUT2D eigenvalue weighted by Gasteiger charge is 2.19. The Morgan fingerprint density at radius 2 is 1.94 bits per heavy atom. The minimum absolute atomic E-state index is 0.0780. The van der Waals surface area contributed by atoms with E-state index in [-0.39, 0.29) is 10.6 Å². The van der Waals surface area contributed by atoms with E-state index < -0.39 is 18.1 Å². The molecule has 1 rings (SSSR count). The topological polar surface area (TPSA) is 108 Å². The maximum absolute atomic E-state index is 11.6. The Hall–Kier alpha value is -2.28. The molecule has 0 bridgehead atoms. The molecule has 7 nitrogen and oxygen atoms in total. The Labute approximate surface area is 107 Å². The predicted molar refractivity (Wildman–Crippen MR) is 62.4 cm³/mol. The summed E-state index contributed by atoms with van der Waals surface area (Å²) in [5, 5.41) is 12.0.